The van der Waals surface area contributed by atoms with Crippen LogP contribution in [0.15, 0.2) is 36.5 Å². The van der Waals surface area contributed by atoms with Crippen LogP contribution in [0, 0.1) is 0 Å². The Hall–Kier alpha value is -2.67. The summed E-state index contributed by atoms with van der Waals surface area (Å²) in [5.41, 5.74) is 1.60. The highest BCUT2D eigenvalue weighted by atomic mass is 16.5. The van der Waals surface area contributed by atoms with Crippen LogP contribution in [0.2, 0.25) is 0 Å². The number of amides is 1. The number of carbonyl (C=O) groups excluding carboxylic acids is 1. The van der Waals surface area contributed by atoms with Gasteiger partial charge in [-0.3, -0.25) is 4.79 Å². The third kappa shape index (κ3) is 4.66. The van der Waals surface area contributed by atoms with E-state index in [2.05, 4.69) is 25.9 Å². The van der Waals surface area contributed by atoms with E-state index in [1.807, 2.05) is 30.3 Å². The maximum atomic E-state index is 11.0. The highest BCUT2D eigenvalue weighted by Gasteiger charge is 2.15. The van der Waals surface area contributed by atoms with Gasteiger partial charge in [-0.2, -0.15) is 4.98 Å². The van der Waals surface area contributed by atoms with Gasteiger partial charge in [0.25, 0.3) is 0 Å². The number of ether oxygens (including phenoxy) is 1. The number of nitrogens with zero attached hydrogens (tertiary/aromatic N) is 2. The van der Waals surface area contributed by atoms with Crippen molar-refractivity contribution in [2.24, 2.45) is 0 Å². The molecule has 1 saturated heterocycles. The van der Waals surface area contributed by atoms with Crippen molar-refractivity contribution >= 4 is 29.0 Å². The highest BCUT2D eigenvalue weighted by Crippen LogP contribution is 2.18. The minimum absolute atomic E-state index is 0.0935. The summed E-state index contributed by atoms with van der Waals surface area (Å²) < 4.78 is 5.59. The monoisotopic (exact) mass is 327 g/mol. The minimum atomic E-state index is -0.0935. The second kappa shape index (κ2) is 7.74. The van der Waals surface area contributed by atoms with Gasteiger partial charge in [-0.05, 0) is 43.2 Å². The van der Waals surface area contributed by atoms with E-state index in [0.717, 1.165) is 43.2 Å². The van der Waals surface area contributed by atoms with E-state index in [9.17, 15) is 4.79 Å². The quantitative estimate of drug-likeness (QED) is 0.756. The summed E-state index contributed by atoms with van der Waals surface area (Å²) in [7, 11) is 0. The van der Waals surface area contributed by atoms with E-state index in [-0.39, 0.29) is 12.0 Å². The van der Waals surface area contributed by atoms with Gasteiger partial charge in [0, 0.05) is 37.6 Å². The lowest BCUT2D eigenvalue weighted by molar-refractivity contribution is -0.114. The zero-order valence-corrected chi connectivity index (χ0v) is 13.6. The van der Waals surface area contributed by atoms with Crippen LogP contribution in [-0.2, 0) is 9.53 Å². The summed E-state index contributed by atoms with van der Waals surface area (Å²) in [5, 5.41) is 9.16. The predicted octanol–water partition coefficient (Wildman–Crippen LogP) is 2.77. The third-order valence-corrected chi connectivity index (χ3v) is 3.65. The molecule has 1 aliphatic rings. The van der Waals surface area contributed by atoms with Gasteiger partial charge in [0.1, 0.15) is 5.82 Å². The number of rotatable bonds is 6. The van der Waals surface area contributed by atoms with E-state index < -0.39 is 0 Å². The number of hydrogen-bond donors (Lipinski definition) is 3. The molecule has 1 atom stereocenters. The van der Waals surface area contributed by atoms with Crippen LogP contribution in [0.3, 0.4) is 0 Å². The molecule has 3 N–H and O–H groups in total. The SMILES string of the molecule is CC(=O)Nc1ccc(Nc2nccc(NCC3CCCO3)n2)cc1. The van der Waals surface area contributed by atoms with E-state index in [4.69, 9.17) is 4.74 Å². The number of aromatic nitrogens is 2. The highest BCUT2D eigenvalue weighted by molar-refractivity contribution is 5.88. The Kier molecular flexibility index (Phi) is 5.22. The molecule has 1 aromatic carbocycles. The fourth-order valence-corrected chi connectivity index (χ4v) is 2.51. The Bertz CT molecular complexity index is 684. The van der Waals surface area contributed by atoms with Crippen molar-refractivity contribution in [1.82, 2.24) is 9.97 Å². The van der Waals surface area contributed by atoms with E-state index in [1.54, 1.807) is 6.20 Å². The van der Waals surface area contributed by atoms with Crippen LogP contribution in [0.1, 0.15) is 19.8 Å². The number of nitrogens with one attached hydrogen (secondary N) is 3. The molecule has 1 aromatic heterocycles. The van der Waals surface area contributed by atoms with Crippen LogP contribution in [0.25, 0.3) is 0 Å². The first kappa shape index (κ1) is 16.2. The molecule has 24 heavy (non-hydrogen) atoms. The first-order valence-electron chi connectivity index (χ1n) is 8.02. The van der Waals surface area contributed by atoms with E-state index in [1.165, 1.54) is 6.92 Å². The standard InChI is InChI=1S/C17H21N5O2/c1-12(23)20-13-4-6-14(7-5-13)21-17-18-9-8-16(22-17)19-11-15-3-2-10-24-15/h4-9,15H,2-3,10-11H2,1H3,(H,20,23)(H2,18,19,21,22). The van der Waals surface area contributed by atoms with Gasteiger partial charge in [0.05, 0.1) is 6.10 Å². The lowest BCUT2D eigenvalue weighted by Gasteiger charge is -2.12. The van der Waals surface area contributed by atoms with Gasteiger partial charge in [0.2, 0.25) is 11.9 Å². The molecule has 0 spiro atoms. The molecular formula is C17H21N5O2. The molecule has 1 aliphatic heterocycles. The molecule has 1 amide bonds. The Morgan fingerprint density at radius 2 is 2.04 bits per heavy atom. The maximum absolute atomic E-state index is 11.0. The van der Waals surface area contributed by atoms with Gasteiger partial charge in [-0.1, -0.05) is 0 Å². The summed E-state index contributed by atoms with van der Waals surface area (Å²) in [4.78, 5) is 19.7. The van der Waals surface area contributed by atoms with Crippen LogP contribution >= 0.6 is 0 Å². The summed E-state index contributed by atoms with van der Waals surface area (Å²) in [5.74, 6) is 1.18. The summed E-state index contributed by atoms with van der Waals surface area (Å²) in [6, 6.07) is 9.20. The van der Waals surface area contributed by atoms with Crippen molar-refractivity contribution < 1.29 is 9.53 Å². The number of carbonyl (C=O) groups is 1. The molecule has 0 bridgehead atoms. The Morgan fingerprint density at radius 3 is 2.75 bits per heavy atom. The molecule has 2 aromatic rings. The van der Waals surface area contributed by atoms with Crippen LogP contribution in [0.5, 0.6) is 0 Å². The van der Waals surface area contributed by atoms with Gasteiger partial charge in [0.15, 0.2) is 0 Å². The first-order valence-corrected chi connectivity index (χ1v) is 8.02. The topological polar surface area (TPSA) is 88.2 Å². The third-order valence-electron chi connectivity index (χ3n) is 3.65. The number of benzene rings is 1. The van der Waals surface area contributed by atoms with E-state index in [0.29, 0.717) is 5.95 Å². The van der Waals surface area contributed by atoms with Crippen molar-refractivity contribution in [3.63, 3.8) is 0 Å². The van der Waals surface area contributed by atoms with Crippen LogP contribution in [-0.4, -0.2) is 35.1 Å². The van der Waals surface area contributed by atoms with Crippen molar-refractivity contribution in [2.45, 2.75) is 25.9 Å². The van der Waals surface area contributed by atoms with Crippen LogP contribution < -0.4 is 16.0 Å². The number of hydrogen-bond acceptors (Lipinski definition) is 6. The Labute approximate surface area is 140 Å². The normalized spacial score (nSPS) is 16.6. The lowest BCUT2D eigenvalue weighted by Crippen LogP contribution is -2.19. The Morgan fingerprint density at radius 1 is 1.25 bits per heavy atom. The number of anilines is 4. The molecule has 0 aliphatic carbocycles. The van der Waals surface area contributed by atoms with Gasteiger partial charge < -0.3 is 20.7 Å². The molecule has 7 heteroatoms. The smallest absolute Gasteiger partial charge is 0.229 e. The summed E-state index contributed by atoms with van der Waals surface area (Å²) in [6.07, 6.45) is 4.18. The average molecular weight is 327 g/mol. The second-order valence-electron chi connectivity index (χ2n) is 5.66. The summed E-state index contributed by atoms with van der Waals surface area (Å²) in [6.45, 7) is 3.08. The lowest BCUT2D eigenvalue weighted by atomic mass is 10.2. The molecule has 2 heterocycles. The zero-order chi connectivity index (χ0) is 16.8. The fraction of sp³-hybridized carbons (Fsp3) is 0.353. The molecule has 1 fully saturated rings. The van der Waals surface area contributed by atoms with Crippen molar-refractivity contribution in [1.29, 1.82) is 0 Å². The minimum Gasteiger partial charge on any atom is -0.376 e. The maximum Gasteiger partial charge on any atom is 0.229 e. The average Bonchev–Trinajstić information content (AvgIpc) is 3.08. The zero-order valence-electron chi connectivity index (χ0n) is 13.6. The van der Waals surface area contributed by atoms with Gasteiger partial charge in [-0.15, -0.1) is 0 Å². The van der Waals surface area contributed by atoms with Crippen molar-refractivity contribution in [3.8, 4) is 0 Å². The predicted molar refractivity (Wildman–Crippen MR) is 93.5 cm³/mol. The van der Waals surface area contributed by atoms with Gasteiger partial charge >= 0.3 is 0 Å². The molecule has 7 nitrogen and oxygen atoms in total. The molecule has 0 radical (unpaired) electrons. The molecule has 3 rings (SSSR count). The largest absolute Gasteiger partial charge is 0.376 e. The van der Waals surface area contributed by atoms with E-state index >= 15 is 0 Å². The molecule has 126 valence electrons. The van der Waals surface area contributed by atoms with Crippen LogP contribution in [0.4, 0.5) is 23.1 Å². The summed E-state index contributed by atoms with van der Waals surface area (Å²) >= 11 is 0. The second-order valence-corrected chi connectivity index (χ2v) is 5.66. The molecule has 0 saturated carbocycles. The fourth-order valence-electron chi connectivity index (χ4n) is 2.51. The molecule has 1 unspecified atom stereocenters. The Balaban J connectivity index is 1.58. The van der Waals surface area contributed by atoms with Crippen molar-refractivity contribution in [2.75, 3.05) is 29.1 Å². The van der Waals surface area contributed by atoms with Crippen molar-refractivity contribution in [3.05, 3.63) is 36.5 Å². The first-order chi connectivity index (χ1) is 11.7. The molecular weight excluding hydrogens is 306 g/mol. The van der Waals surface area contributed by atoms with Gasteiger partial charge in [-0.25, -0.2) is 4.98 Å².